The fourth-order valence-corrected chi connectivity index (χ4v) is 3.68. The second-order valence-electron chi connectivity index (χ2n) is 7.62. The van der Waals surface area contributed by atoms with Crippen LogP contribution in [0.5, 0.6) is 5.75 Å². The van der Waals surface area contributed by atoms with Gasteiger partial charge in [0.1, 0.15) is 5.52 Å². The van der Waals surface area contributed by atoms with E-state index in [0.29, 0.717) is 53.5 Å². The van der Waals surface area contributed by atoms with Crippen LogP contribution >= 0.6 is 0 Å². The van der Waals surface area contributed by atoms with Crippen molar-refractivity contribution >= 4 is 33.9 Å². The highest BCUT2D eigenvalue weighted by Crippen LogP contribution is 2.32. The smallest absolute Gasteiger partial charge is 0.227 e. The van der Waals surface area contributed by atoms with Gasteiger partial charge in [-0.1, -0.05) is 0 Å². The molecule has 1 heterocycles. The molecule has 0 unspecified atom stereocenters. The van der Waals surface area contributed by atoms with E-state index in [2.05, 4.69) is 15.3 Å². The van der Waals surface area contributed by atoms with Gasteiger partial charge < -0.3 is 31.4 Å². The number of nitrogens with zero attached hydrogens (tertiary/aromatic N) is 2. The molecule has 0 bridgehead atoms. The number of rotatable bonds is 6. The van der Waals surface area contributed by atoms with Gasteiger partial charge >= 0.3 is 0 Å². The number of nitrogens with one attached hydrogen (secondary N) is 2. The van der Waals surface area contributed by atoms with Crippen molar-refractivity contribution in [3.8, 4) is 5.75 Å². The van der Waals surface area contributed by atoms with Crippen LogP contribution in [-0.4, -0.2) is 44.7 Å². The molecule has 2 aromatic carbocycles. The topological polar surface area (TPSA) is 137 Å². The number of aliphatic hydroxyl groups excluding tert-OH is 2. The first kappa shape index (κ1) is 21.0. The number of anilines is 3. The van der Waals surface area contributed by atoms with Crippen molar-refractivity contribution in [2.75, 3.05) is 17.7 Å². The van der Waals surface area contributed by atoms with Crippen LogP contribution in [0.1, 0.15) is 31.2 Å². The third-order valence-electron chi connectivity index (χ3n) is 5.38. The Hall–Kier alpha value is -3.30. The highest BCUT2D eigenvalue weighted by molar-refractivity contribution is 6.03. The summed E-state index contributed by atoms with van der Waals surface area (Å²) in [6.07, 6.45) is 3.65. The number of halogens is 1. The molecule has 3 aromatic rings. The first-order valence-corrected chi connectivity index (χ1v) is 10.1. The maximum Gasteiger partial charge on any atom is 0.227 e. The predicted molar refractivity (Wildman–Crippen MR) is 116 cm³/mol. The Kier molecular flexibility index (Phi) is 5.97. The van der Waals surface area contributed by atoms with Crippen molar-refractivity contribution in [1.29, 1.82) is 5.41 Å². The quantitative estimate of drug-likeness (QED) is 0.302. The average molecular weight is 425 g/mol. The van der Waals surface area contributed by atoms with Gasteiger partial charge in [-0.2, -0.15) is 0 Å². The standard InChI is InChI=1S/C22H24FN5O3/c23-17-8-1-12-10-26-22(27-13-2-7-16(18(24)9-13)19(25)11-29)28-20(12)21(17)31-15-5-3-14(30)4-6-15/h1-2,7-10,14-15,25,29-30H,3-6,11,24H2,(H,26,27,28). The highest BCUT2D eigenvalue weighted by Gasteiger charge is 2.23. The molecule has 8 nitrogen and oxygen atoms in total. The Labute approximate surface area is 178 Å². The molecule has 1 saturated carbocycles. The van der Waals surface area contributed by atoms with E-state index in [9.17, 15) is 9.50 Å². The Morgan fingerprint density at radius 3 is 2.71 bits per heavy atom. The van der Waals surface area contributed by atoms with Gasteiger partial charge in [-0.05, 0) is 56.0 Å². The summed E-state index contributed by atoms with van der Waals surface area (Å²) in [4.78, 5) is 8.73. The van der Waals surface area contributed by atoms with Crippen LogP contribution in [0.2, 0.25) is 0 Å². The maximum atomic E-state index is 14.6. The number of nitrogen functional groups attached to an aromatic ring is 1. The summed E-state index contributed by atoms with van der Waals surface area (Å²) in [5, 5.41) is 30.2. The normalized spacial score (nSPS) is 18.7. The van der Waals surface area contributed by atoms with Crippen molar-refractivity contribution in [3.05, 3.63) is 47.9 Å². The summed E-state index contributed by atoms with van der Waals surface area (Å²) in [6, 6.07) is 7.87. The number of hydrogen-bond acceptors (Lipinski definition) is 8. The van der Waals surface area contributed by atoms with E-state index in [4.69, 9.17) is 21.0 Å². The molecule has 31 heavy (non-hydrogen) atoms. The molecule has 1 aromatic heterocycles. The number of nitrogens with two attached hydrogens (primary N) is 1. The second-order valence-corrected chi connectivity index (χ2v) is 7.62. The van der Waals surface area contributed by atoms with Crippen LogP contribution in [0.15, 0.2) is 36.5 Å². The first-order chi connectivity index (χ1) is 14.9. The fourth-order valence-electron chi connectivity index (χ4n) is 3.68. The molecule has 0 saturated heterocycles. The van der Waals surface area contributed by atoms with Gasteiger partial charge in [-0.3, -0.25) is 0 Å². The average Bonchev–Trinajstić information content (AvgIpc) is 2.77. The van der Waals surface area contributed by atoms with E-state index in [1.165, 1.54) is 6.07 Å². The van der Waals surface area contributed by atoms with E-state index >= 15 is 0 Å². The molecular weight excluding hydrogens is 401 g/mol. The first-order valence-electron chi connectivity index (χ1n) is 10.1. The van der Waals surface area contributed by atoms with Crippen LogP contribution in [0.25, 0.3) is 10.9 Å². The summed E-state index contributed by atoms with van der Waals surface area (Å²) in [7, 11) is 0. The summed E-state index contributed by atoms with van der Waals surface area (Å²) in [6.45, 7) is -0.404. The van der Waals surface area contributed by atoms with Crippen LogP contribution in [0, 0.1) is 11.2 Å². The van der Waals surface area contributed by atoms with Crippen molar-refractivity contribution in [2.24, 2.45) is 0 Å². The lowest BCUT2D eigenvalue weighted by atomic mass is 9.95. The number of benzene rings is 2. The van der Waals surface area contributed by atoms with Gasteiger partial charge in [0.15, 0.2) is 11.6 Å². The van der Waals surface area contributed by atoms with Crippen LogP contribution < -0.4 is 15.8 Å². The third kappa shape index (κ3) is 4.57. The van der Waals surface area contributed by atoms with Crippen molar-refractivity contribution in [2.45, 2.75) is 37.9 Å². The SMILES string of the molecule is N=C(CO)c1ccc(Nc2ncc3ccc(F)c(OC4CCC(O)CC4)c3n2)cc1N. The van der Waals surface area contributed by atoms with E-state index in [0.717, 1.165) is 0 Å². The van der Waals surface area contributed by atoms with Gasteiger partial charge in [0.05, 0.1) is 24.5 Å². The lowest BCUT2D eigenvalue weighted by molar-refractivity contribution is 0.0654. The molecule has 4 rings (SSSR count). The van der Waals surface area contributed by atoms with E-state index in [-0.39, 0.29) is 29.6 Å². The second kappa shape index (κ2) is 8.83. The zero-order chi connectivity index (χ0) is 22.0. The van der Waals surface area contributed by atoms with Gasteiger partial charge in [0.2, 0.25) is 5.95 Å². The molecule has 0 radical (unpaired) electrons. The van der Waals surface area contributed by atoms with Crippen molar-refractivity contribution in [3.63, 3.8) is 0 Å². The van der Waals surface area contributed by atoms with Crippen molar-refractivity contribution in [1.82, 2.24) is 9.97 Å². The molecule has 1 aliphatic carbocycles. The third-order valence-corrected chi connectivity index (χ3v) is 5.38. The summed E-state index contributed by atoms with van der Waals surface area (Å²) < 4.78 is 20.6. The Morgan fingerprint density at radius 1 is 1.23 bits per heavy atom. The van der Waals surface area contributed by atoms with Gasteiger partial charge in [0.25, 0.3) is 0 Å². The van der Waals surface area contributed by atoms with Gasteiger partial charge in [-0.25, -0.2) is 14.4 Å². The van der Waals surface area contributed by atoms with Gasteiger partial charge in [-0.15, -0.1) is 0 Å². The zero-order valence-corrected chi connectivity index (χ0v) is 16.8. The molecule has 6 N–H and O–H groups in total. The molecule has 162 valence electrons. The molecule has 1 fully saturated rings. The molecule has 1 aliphatic rings. The molecule has 0 atom stereocenters. The Balaban J connectivity index is 1.61. The van der Waals surface area contributed by atoms with Crippen molar-refractivity contribution < 1.29 is 19.3 Å². The zero-order valence-electron chi connectivity index (χ0n) is 16.8. The summed E-state index contributed by atoms with van der Waals surface area (Å²) in [5.74, 6) is -0.179. The van der Waals surface area contributed by atoms with E-state index < -0.39 is 12.4 Å². The van der Waals surface area contributed by atoms with E-state index in [1.807, 2.05) is 0 Å². The minimum Gasteiger partial charge on any atom is -0.485 e. The fraction of sp³-hybridized carbons (Fsp3) is 0.318. The Morgan fingerprint density at radius 2 is 2.00 bits per heavy atom. The van der Waals surface area contributed by atoms with Gasteiger partial charge in [0, 0.05) is 28.5 Å². The molecule has 0 amide bonds. The minimum absolute atomic E-state index is 0.0264. The Bertz CT molecular complexity index is 1120. The molecular formula is C22H24FN5O3. The highest BCUT2D eigenvalue weighted by atomic mass is 19.1. The summed E-state index contributed by atoms with van der Waals surface area (Å²) in [5.41, 5.74) is 7.73. The lowest BCUT2D eigenvalue weighted by Gasteiger charge is -2.26. The number of fused-ring (bicyclic) bond motifs is 1. The predicted octanol–water partition coefficient (Wildman–Crippen LogP) is 3.14. The molecule has 0 aliphatic heterocycles. The lowest BCUT2D eigenvalue weighted by Crippen LogP contribution is -2.26. The number of hydrogen-bond donors (Lipinski definition) is 5. The molecule has 9 heteroatoms. The largest absolute Gasteiger partial charge is 0.485 e. The monoisotopic (exact) mass is 425 g/mol. The van der Waals surface area contributed by atoms with Crippen LogP contribution in [0.3, 0.4) is 0 Å². The number of aromatic nitrogens is 2. The summed E-state index contributed by atoms with van der Waals surface area (Å²) >= 11 is 0. The number of aliphatic hydroxyl groups is 2. The van der Waals surface area contributed by atoms with Crippen LogP contribution in [0.4, 0.5) is 21.7 Å². The molecule has 0 spiro atoms. The minimum atomic E-state index is -0.501. The van der Waals surface area contributed by atoms with Crippen LogP contribution in [-0.2, 0) is 0 Å². The van der Waals surface area contributed by atoms with E-state index in [1.54, 1.807) is 30.5 Å². The number of ether oxygens (including phenoxy) is 1. The maximum absolute atomic E-state index is 14.6.